The summed E-state index contributed by atoms with van der Waals surface area (Å²) < 4.78 is 16.9. The number of aromatic nitrogens is 1. The molecular weight excluding hydrogens is 448 g/mol. The lowest BCUT2D eigenvalue weighted by atomic mass is 9.95. The van der Waals surface area contributed by atoms with E-state index in [1.54, 1.807) is 42.5 Å². The lowest BCUT2D eigenvalue weighted by molar-refractivity contribution is -0.140. The van der Waals surface area contributed by atoms with Crippen molar-refractivity contribution in [3.8, 4) is 11.5 Å². The number of ketones is 1. The Labute approximate surface area is 203 Å². The smallest absolute Gasteiger partial charge is 0.296 e. The van der Waals surface area contributed by atoms with E-state index in [-0.39, 0.29) is 17.9 Å². The summed E-state index contributed by atoms with van der Waals surface area (Å²) in [4.78, 5) is 31.6. The molecular formula is C27H28N2O6. The molecule has 1 N–H and O–H groups in total. The molecule has 35 heavy (non-hydrogen) atoms. The maximum atomic E-state index is 13.2. The zero-order chi connectivity index (χ0) is 24.8. The summed E-state index contributed by atoms with van der Waals surface area (Å²) in [6.07, 6.45) is 7.61. The molecule has 1 unspecified atom stereocenters. The number of furan rings is 1. The first-order valence-electron chi connectivity index (χ1n) is 11.6. The van der Waals surface area contributed by atoms with Gasteiger partial charge in [0.05, 0.1) is 38.1 Å². The highest BCUT2D eigenvalue weighted by Crippen LogP contribution is 2.42. The fraction of sp³-hybridized carbons (Fsp3) is 0.296. The Morgan fingerprint density at radius 3 is 2.60 bits per heavy atom. The van der Waals surface area contributed by atoms with Gasteiger partial charge in [0.1, 0.15) is 11.5 Å². The summed E-state index contributed by atoms with van der Waals surface area (Å²) in [5.74, 6) is -0.188. The fourth-order valence-electron chi connectivity index (χ4n) is 4.13. The van der Waals surface area contributed by atoms with Crippen LogP contribution in [0, 0.1) is 0 Å². The molecule has 1 atom stereocenters. The molecule has 0 bridgehead atoms. The monoisotopic (exact) mass is 476 g/mol. The van der Waals surface area contributed by atoms with Gasteiger partial charge in [0, 0.05) is 18.0 Å². The molecule has 0 radical (unpaired) electrons. The van der Waals surface area contributed by atoms with Gasteiger partial charge in [-0.25, -0.2) is 0 Å². The molecule has 182 valence electrons. The van der Waals surface area contributed by atoms with Gasteiger partial charge in [-0.2, -0.15) is 0 Å². The van der Waals surface area contributed by atoms with Crippen molar-refractivity contribution in [2.45, 2.75) is 38.8 Å². The lowest BCUT2D eigenvalue weighted by Gasteiger charge is -2.25. The van der Waals surface area contributed by atoms with Crippen LogP contribution in [0.4, 0.5) is 0 Å². The first-order valence-corrected chi connectivity index (χ1v) is 11.6. The summed E-state index contributed by atoms with van der Waals surface area (Å²) in [5, 5.41) is 11.1. The summed E-state index contributed by atoms with van der Waals surface area (Å²) in [6, 6.07) is 11.0. The van der Waals surface area contributed by atoms with Crippen molar-refractivity contribution < 1.29 is 28.6 Å². The average Bonchev–Trinajstić information content (AvgIpc) is 3.49. The van der Waals surface area contributed by atoms with Crippen molar-refractivity contribution in [2.24, 2.45) is 0 Å². The zero-order valence-corrected chi connectivity index (χ0v) is 19.8. The van der Waals surface area contributed by atoms with Crippen LogP contribution >= 0.6 is 0 Å². The minimum absolute atomic E-state index is 0.00794. The number of nitrogens with zero attached hydrogens (tertiary/aromatic N) is 2. The molecule has 1 aromatic carbocycles. The fourth-order valence-corrected chi connectivity index (χ4v) is 4.13. The second-order valence-corrected chi connectivity index (χ2v) is 8.21. The average molecular weight is 477 g/mol. The van der Waals surface area contributed by atoms with Crippen LogP contribution in [-0.2, 0) is 16.1 Å². The van der Waals surface area contributed by atoms with E-state index >= 15 is 0 Å². The van der Waals surface area contributed by atoms with Crippen LogP contribution < -0.4 is 9.47 Å². The summed E-state index contributed by atoms with van der Waals surface area (Å²) in [7, 11) is 1.54. The van der Waals surface area contributed by atoms with Gasteiger partial charge < -0.3 is 23.9 Å². The van der Waals surface area contributed by atoms with Crippen LogP contribution in [0.2, 0.25) is 0 Å². The molecule has 4 rings (SSSR count). The van der Waals surface area contributed by atoms with E-state index < -0.39 is 17.7 Å². The third-order valence-corrected chi connectivity index (χ3v) is 5.91. The largest absolute Gasteiger partial charge is 0.507 e. The number of ether oxygens (including phenoxy) is 2. The molecule has 0 saturated carbocycles. The van der Waals surface area contributed by atoms with Gasteiger partial charge in [-0.05, 0) is 48.4 Å². The Bertz CT molecular complexity index is 1200. The third-order valence-electron chi connectivity index (χ3n) is 5.91. The first-order chi connectivity index (χ1) is 17.0. The normalized spacial score (nSPS) is 17.1. The topological polar surface area (TPSA) is 102 Å². The quantitative estimate of drug-likeness (QED) is 0.193. The molecule has 8 nitrogen and oxygen atoms in total. The Morgan fingerprint density at radius 1 is 1.11 bits per heavy atom. The van der Waals surface area contributed by atoms with Crippen molar-refractivity contribution in [1.29, 1.82) is 0 Å². The Balaban J connectivity index is 1.77. The molecule has 1 fully saturated rings. The SMILES string of the molecule is CCCCCOc1ccc(C2C(=C(O)c3ccncc3)C(=O)C(=O)N2Cc2ccco2)cc1OC. The van der Waals surface area contributed by atoms with Gasteiger partial charge in [0.15, 0.2) is 11.5 Å². The maximum Gasteiger partial charge on any atom is 0.296 e. The highest BCUT2D eigenvalue weighted by molar-refractivity contribution is 6.46. The molecule has 3 aromatic rings. The molecule has 0 spiro atoms. The van der Waals surface area contributed by atoms with Crippen molar-refractivity contribution in [3.63, 3.8) is 0 Å². The van der Waals surface area contributed by atoms with E-state index in [1.807, 2.05) is 0 Å². The predicted octanol–water partition coefficient (Wildman–Crippen LogP) is 4.87. The van der Waals surface area contributed by atoms with Gasteiger partial charge in [0.25, 0.3) is 11.7 Å². The van der Waals surface area contributed by atoms with E-state index in [4.69, 9.17) is 13.9 Å². The predicted molar refractivity (Wildman–Crippen MR) is 129 cm³/mol. The molecule has 3 heterocycles. The second kappa shape index (κ2) is 10.9. The number of pyridine rings is 1. The van der Waals surface area contributed by atoms with Crippen molar-refractivity contribution in [1.82, 2.24) is 9.88 Å². The summed E-state index contributed by atoms with van der Waals surface area (Å²) in [5.41, 5.74) is 0.986. The van der Waals surface area contributed by atoms with Crippen LogP contribution in [0.1, 0.15) is 49.1 Å². The van der Waals surface area contributed by atoms with Crippen molar-refractivity contribution in [3.05, 3.63) is 83.6 Å². The van der Waals surface area contributed by atoms with E-state index in [1.165, 1.54) is 30.7 Å². The number of rotatable bonds is 10. The number of aliphatic hydroxyl groups excluding tert-OH is 1. The van der Waals surface area contributed by atoms with Gasteiger partial charge >= 0.3 is 0 Å². The van der Waals surface area contributed by atoms with Crippen LogP contribution in [0.3, 0.4) is 0 Å². The second-order valence-electron chi connectivity index (χ2n) is 8.21. The number of amides is 1. The molecule has 2 aromatic heterocycles. The van der Waals surface area contributed by atoms with Crippen LogP contribution in [0.15, 0.2) is 71.1 Å². The van der Waals surface area contributed by atoms with E-state index in [0.717, 1.165) is 19.3 Å². The Kier molecular flexibility index (Phi) is 7.50. The third kappa shape index (κ3) is 5.06. The van der Waals surface area contributed by atoms with Crippen LogP contribution in [-0.4, -0.2) is 40.4 Å². The van der Waals surface area contributed by atoms with Crippen LogP contribution in [0.5, 0.6) is 11.5 Å². The van der Waals surface area contributed by atoms with E-state index in [0.29, 0.717) is 35.0 Å². The zero-order valence-electron chi connectivity index (χ0n) is 19.8. The minimum Gasteiger partial charge on any atom is -0.507 e. The molecule has 1 aliphatic rings. The van der Waals surface area contributed by atoms with Gasteiger partial charge in [-0.1, -0.05) is 25.8 Å². The van der Waals surface area contributed by atoms with Gasteiger partial charge in [-0.15, -0.1) is 0 Å². The minimum atomic E-state index is -0.851. The molecule has 0 aliphatic carbocycles. The highest BCUT2D eigenvalue weighted by Gasteiger charge is 2.46. The highest BCUT2D eigenvalue weighted by atomic mass is 16.5. The number of aliphatic hydroxyl groups is 1. The number of Topliss-reactive ketones (excluding diaryl/α,β-unsaturated/α-hetero) is 1. The lowest BCUT2D eigenvalue weighted by Crippen LogP contribution is -2.29. The van der Waals surface area contributed by atoms with Gasteiger partial charge in [-0.3, -0.25) is 14.6 Å². The van der Waals surface area contributed by atoms with Gasteiger partial charge in [0.2, 0.25) is 0 Å². The van der Waals surface area contributed by atoms with Crippen molar-refractivity contribution in [2.75, 3.05) is 13.7 Å². The summed E-state index contributed by atoms with van der Waals surface area (Å²) in [6.45, 7) is 2.75. The number of likely N-dealkylation sites (tertiary alicyclic amines) is 1. The number of benzene rings is 1. The first kappa shape index (κ1) is 24.1. The maximum absolute atomic E-state index is 13.2. The van der Waals surface area contributed by atoms with Crippen LogP contribution in [0.25, 0.3) is 5.76 Å². The van der Waals surface area contributed by atoms with E-state index in [9.17, 15) is 14.7 Å². The number of carbonyl (C=O) groups excluding carboxylic acids is 2. The Hall–Kier alpha value is -4.07. The van der Waals surface area contributed by atoms with Crippen molar-refractivity contribution >= 4 is 17.4 Å². The molecule has 8 heteroatoms. The molecule has 1 saturated heterocycles. The molecule has 1 amide bonds. The molecule has 1 aliphatic heterocycles. The number of unbranched alkanes of at least 4 members (excludes halogenated alkanes) is 2. The number of methoxy groups -OCH3 is 1. The van der Waals surface area contributed by atoms with E-state index in [2.05, 4.69) is 11.9 Å². The standard InChI is InChI=1S/C27H28N2O6/c1-3-4-5-14-35-21-9-8-19(16-22(21)33-2)24-23(25(30)18-10-12-28-13-11-18)26(31)27(32)29(24)17-20-7-6-15-34-20/h6-13,15-16,24,30H,3-5,14,17H2,1-2H3. The summed E-state index contributed by atoms with van der Waals surface area (Å²) >= 11 is 0. The number of hydrogen-bond acceptors (Lipinski definition) is 7. The Morgan fingerprint density at radius 2 is 1.91 bits per heavy atom. The number of carbonyl (C=O) groups is 2. The number of hydrogen-bond donors (Lipinski definition) is 1.